The average Bonchev–Trinajstić information content (AvgIpc) is 3.28. The van der Waals surface area contributed by atoms with Crippen molar-refractivity contribution in [3.05, 3.63) is 0 Å². The van der Waals surface area contributed by atoms with Crippen LogP contribution in [0.5, 0.6) is 0 Å². The van der Waals surface area contributed by atoms with E-state index in [9.17, 15) is 0 Å². The lowest BCUT2D eigenvalue weighted by Gasteiger charge is -2.18. The van der Waals surface area contributed by atoms with E-state index in [1.807, 2.05) is 0 Å². The molecule has 4 nitrogen and oxygen atoms in total. The van der Waals surface area contributed by atoms with Gasteiger partial charge < -0.3 is 20.1 Å². The first-order valence-electron chi connectivity index (χ1n) is 8.62. The predicted molar refractivity (Wildman–Crippen MR) is 75.5 cm³/mol. The molecule has 0 radical (unpaired) electrons. The molecule has 0 aromatic rings. The maximum atomic E-state index is 5.80. The van der Waals surface area contributed by atoms with Crippen LogP contribution < -0.4 is 10.6 Å². The first kappa shape index (κ1) is 12.4. The van der Waals surface area contributed by atoms with Gasteiger partial charge in [0.25, 0.3) is 0 Å². The van der Waals surface area contributed by atoms with Gasteiger partial charge in [-0.2, -0.15) is 0 Å². The highest BCUT2D eigenvalue weighted by Gasteiger charge is 2.51. The Balaban J connectivity index is 0.0000000960. The minimum atomic E-state index is 0.630. The molecular formula is C16H26N2O2. The summed E-state index contributed by atoms with van der Waals surface area (Å²) in [5.74, 6) is 3.50. The monoisotopic (exact) mass is 278 g/mol. The molecule has 6 aliphatic heterocycles. The van der Waals surface area contributed by atoms with Crippen molar-refractivity contribution in [2.45, 2.75) is 50.1 Å². The quantitative estimate of drug-likeness (QED) is 0.687. The van der Waals surface area contributed by atoms with Crippen LogP contribution in [0.2, 0.25) is 0 Å². The number of ether oxygens (including phenoxy) is 2. The maximum absolute atomic E-state index is 5.80. The fraction of sp³-hybridized carbons (Fsp3) is 1.00. The Kier molecular flexibility index (Phi) is 2.89. The molecule has 0 aromatic heterocycles. The van der Waals surface area contributed by atoms with Crippen molar-refractivity contribution in [1.29, 1.82) is 0 Å². The molecule has 112 valence electrons. The van der Waals surface area contributed by atoms with Gasteiger partial charge >= 0.3 is 0 Å². The number of nitrogens with one attached hydrogen (secondary N) is 2. The molecule has 2 N–H and O–H groups in total. The first-order valence-corrected chi connectivity index (χ1v) is 8.62. The van der Waals surface area contributed by atoms with E-state index in [4.69, 9.17) is 9.47 Å². The molecule has 0 aliphatic carbocycles. The van der Waals surface area contributed by atoms with Gasteiger partial charge in [0.1, 0.15) is 0 Å². The normalized spacial score (nSPS) is 57.6. The molecule has 6 heterocycles. The molecular weight excluding hydrogens is 252 g/mol. The van der Waals surface area contributed by atoms with E-state index < -0.39 is 0 Å². The van der Waals surface area contributed by atoms with E-state index in [1.54, 1.807) is 0 Å². The lowest BCUT2D eigenvalue weighted by molar-refractivity contribution is 0.0830. The Morgan fingerprint density at radius 1 is 0.500 bits per heavy atom. The van der Waals surface area contributed by atoms with Gasteiger partial charge in [0, 0.05) is 49.9 Å². The molecule has 0 unspecified atom stereocenters. The number of rotatable bonds is 0. The third-order valence-electron chi connectivity index (χ3n) is 6.70. The van der Waals surface area contributed by atoms with E-state index in [1.165, 1.54) is 51.9 Å². The van der Waals surface area contributed by atoms with E-state index in [2.05, 4.69) is 10.6 Å². The summed E-state index contributed by atoms with van der Waals surface area (Å²) in [5.41, 5.74) is 0. The van der Waals surface area contributed by atoms with Crippen LogP contribution >= 0.6 is 0 Å². The molecule has 6 fully saturated rings. The average molecular weight is 278 g/mol. The molecule has 0 aromatic carbocycles. The standard InChI is InChI=1S/2C8H13NO/c2*1-2-8-6-4-9-3-5(6)7(1)10-8/h2*5-9H,1-4H2/t2*5-,6+,7-,8+. The second-order valence-corrected chi connectivity index (χ2v) is 7.55. The molecule has 6 aliphatic rings. The van der Waals surface area contributed by atoms with Crippen LogP contribution in [-0.4, -0.2) is 50.6 Å². The molecule has 0 spiro atoms. The Morgan fingerprint density at radius 3 is 1.10 bits per heavy atom. The van der Waals surface area contributed by atoms with Gasteiger partial charge in [0.05, 0.1) is 24.4 Å². The van der Waals surface area contributed by atoms with Crippen LogP contribution in [0.3, 0.4) is 0 Å². The second-order valence-electron chi connectivity index (χ2n) is 7.55. The van der Waals surface area contributed by atoms with Gasteiger partial charge in [-0.25, -0.2) is 0 Å². The zero-order valence-corrected chi connectivity index (χ0v) is 12.1. The van der Waals surface area contributed by atoms with Gasteiger partial charge in [-0.1, -0.05) is 0 Å². The molecule has 4 heteroatoms. The Bertz CT molecular complexity index is 323. The Morgan fingerprint density at radius 2 is 0.800 bits per heavy atom. The zero-order valence-electron chi connectivity index (χ0n) is 12.1. The summed E-state index contributed by atoms with van der Waals surface area (Å²) in [7, 11) is 0. The number of hydrogen-bond donors (Lipinski definition) is 2. The van der Waals surface area contributed by atoms with Crippen LogP contribution in [0.25, 0.3) is 0 Å². The van der Waals surface area contributed by atoms with Crippen molar-refractivity contribution in [2.24, 2.45) is 23.7 Å². The number of fused-ring (bicyclic) bond motifs is 10. The third-order valence-corrected chi connectivity index (χ3v) is 6.70. The lowest BCUT2D eigenvalue weighted by Crippen LogP contribution is -2.24. The van der Waals surface area contributed by atoms with E-state index in [0.717, 1.165) is 23.7 Å². The fourth-order valence-electron chi connectivity index (χ4n) is 5.71. The smallest absolute Gasteiger partial charge is 0.0624 e. The molecule has 0 saturated carbocycles. The highest BCUT2D eigenvalue weighted by molar-refractivity contribution is 5.02. The van der Waals surface area contributed by atoms with E-state index in [-0.39, 0.29) is 0 Å². The Labute approximate surface area is 121 Å². The van der Waals surface area contributed by atoms with Crippen LogP contribution in [0.1, 0.15) is 25.7 Å². The van der Waals surface area contributed by atoms with Crippen molar-refractivity contribution >= 4 is 0 Å². The van der Waals surface area contributed by atoms with Crippen LogP contribution in [0.15, 0.2) is 0 Å². The largest absolute Gasteiger partial charge is 0.374 e. The summed E-state index contributed by atoms with van der Waals surface area (Å²) in [6.45, 7) is 4.86. The lowest BCUT2D eigenvalue weighted by atomic mass is 9.82. The van der Waals surface area contributed by atoms with E-state index >= 15 is 0 Å². The molecule has 6 rings (SSSR count). The first-order chi connectivity index (χ1) is 9.90. The van der Waals surface area contributed by atoms with Crippen molar-refractivity contribution in [1.82, 2.24) is 10.6 Å². The van der Waals surface area contributed by atoms with Crippen molar-refractivity contribution in [3.8, 4) is 0 Å². The molecule has 6 saturated heterocycles. The molecule has 8 atom stereocenters. The van der Waals surface area contributed by atoms with Gasteiger partial charge in [-0.05, 0) is 25.7 Å². The van der Waals surface area contributed by atoms with Gasteiger partial charge in [-0.15, -0.1) is 0 Å². The SMILES string of the molecule is C1NC[C@H]2[C@@H]1[C@H]1CC[C@@H]2O1.C1NC[C@H]2[C@@H]1[C@H]1CC[C@@H]2O1. The Hall–Kier alpha value is -0.160. The zero-order chi connectivity index (χ0) is 13.1. The fourth-order valence-corrected chi connectivity index (χ4v) is 5.71. The van der Waals surface area contributed by atoms with E-state index in [0.29, 0.717) is 24.4 Å². The second kappa shape index (κ2) is 4.67. The van der Waals surface area contributed by atoms with Gasteiger partial charge in [0.15, 0.2) is 0 Å². The summed E-state index contributed by atoms with van der Waals surface area (Å²) in [5, 5.41) is 6.89. The van der Waals surface area contributed by atoms with Gasteiger partial charge in [-0.3, -0.25) is 0 Å². The van der Waals surface area contributed by atoms with Gasteiger partial charge in [0.2, 0.25) is 0 Å². The highest BCUT2D eigenvalue weighted by Crippen LogP contribution is 2.45. The van der Waals surface area contributed by atoms with Crippen LogP contribution in [0.4, 0.5) is 0 Å². The maximum Gasteiger partial charge on any atom is 0.0624 e. The molecule has 20 heavy (non-hydrogen) atoms. The number of hydrogen-bond acceptors (Lipinski definition) is 4. The molecule has 0 amide bonds. The summed E-state index contributed by atoms with van der Waals surface area (Å²) in [6.07, 6.45) is 7.83. The van der Waals surface area contributed by atoms with Crippen molar-refractivity contribution in [2.75, 3.05) is 26.2 Å². The summed E-state index contributed by atoms with van der Waals surface area (Å²) >= 11 is 0. The topological polar surface area (TPSA) is 42.5 Å². The van der Waals surface area contributed by atoms with Crippen molar-refractivity contribution < 1.29 is 9.47 Å². The summed E-state index contributed by atoms with van der Waals surface area (Å²) in [4.78, 5) is 0. The molecule has 4 bridgehead atoms. The summed E-state index contributed by atoms with van der Waals surface area (Å²) < 4.78 is 11.6. The minimum absolute atomic E-state index is 0.630. The van der Waals surface area contributed by atoms with Crippen LogP contribution in [-0.2, 0) is 9.47 Å². The van der Waals surface area contributed by atoms with Crippen LogP contribution in [0, 0.1) is 23.7 Å². The summed E-state index contributed by atoms with van der Waals surface area (Å²) in [6, 6.07) is 0. The van der Waals surface area contributed by atoms with Crippen molar-refractivity contribution in [3.63, 3.8) is 0 Å². The minimum Gasteiger partial charge on any atom is -0.374 e. The third kappa shape index (κ3) is 1.75. The highest BCUT2D eigenvalue weighted by atomic mass is 16.5. The predicted octanol–water partition coefficient (Wildman–Crippen LogP) is 0.766.